The highest BCUT2D eigenvalue weighted by Crippen LogP contribution is 2.42. The van der Waals surface area contributed by atoms with Gasteiger partial charge >= 0.3 is 0 Å². The van der Waals surface area contributed by atoms with Gasteiger partial charge in [0.2, 0.25) is 0 Å². The lowest BCUT2D eigenvalue weighted by Gasteiger charge is -2.32. The fraction of sp³-hybridized carbons (Fsp3) is 0.389. The molecule has 0 radical (unpaired) electrons. The molecule has 2 unspecified atom stereocenters. The molecule has 2 aromatic heterocycles. The quantitative estimate of drug-likeness (QED) is 0.757. The minimum Gasteiger partial charge on any atom is -0.367 e. The SMILES string of the molecule is C[C@H]1Nc2ccn3ncc(c3n2)C(=O)N[C@@]2(C)CC3=CC(F)=CC1C3O2. The van der Waals surface area contributed by atoms with Crippen molar-refractivity contribution in [2.24, 2.45) is 5.92 Å². The van der Waals surface area contributed by atoms with Crippen LogP contribution in [0.15, 0.2) is 42.0 Å². The number of carbonyl (C=O) groups excluding carboxylic acids is 1. The summed E-state index contributed by atoms with van der Waals surface area (Å²) >= 11 is 0. The van der Waals surface area contributed by atoms with Crippen molar-refractivity contribution < 1.29 is 13.9 Å². The molecule has 1 saturated heterocycles. The summed E-state index contributed by atoms with van der Waals surface area (Å²) in [6.45, 7) is 3.79. The summed E-state index contributed by atoms with van der Waals surface area (Å²) in [5.41, 5.74) is 0.777. The van der Waals surface area contributed by atoms with Gasteiger partial charge in [0.15, 0.2) is 5.65 Å². The molecule has 0 spiro atoms. The Morgan fingerprint density at radius 1 is 1.46 bits per heavy atom. The number of anilines is 1. The first-order valence-corrected chi connectivity index (χ1v) is 8.61. The van der Waals surface area contributed by atoms with Crippen LogP contribution in [0.5, 0.6) is 0 Å². The fourth-order valence-electron chi connectivity index (χ4n) is 4.07. The maximum Gasteiger partial charge on any atom is 0.258 e. The molecule has 134 valence electrons. The number of hydrogen-bond acceptors (Lipinski definition) is 5. The van der Waals surface area contributed by atoms with Crippen LogP contribution in [-0.4, -0.2) is 38.4 Å². The summed E-state index contributed by atoms with van der Waals surface area (Å²) in [6.07, 6.45) is 6.47. The van der Waals surface area contributed by atoms with E-state index in [-0.39, 0.29) is 29.8 Å². The van der Waals surface area contributed by atoms with Gasteiger partial charge in [-0.15, -0.1) is 0 Å². The molecule has 7 nitrogen and oxygen atoms in total. The minimum atomic E-state index is -0.908. The third kappa shape index (κ3) is 2.25. The Morgan fingerprint density at radius 2 is 2.31 bits per heavy atom. The molecule has 4 bridgehead atoms. The summed E-state index contributed by atoms with van der Waals surface area (Å²) in [7, 11) is 0. The molecular formula is C18H18FN5O2. The highest BCUT2D eigenvalue weighted by molar-refractivity contribution is 6.00. The van der Waals surface area contributed by atoms with Gasteiger partial charge in [-0.05, 0) is 37.6 Å². The molecule has 1 amide bonds. The largest absolute Gasteiger partial charge is 0.367 e. The van der Waals surface area contributed by atoms with Crippen LogP contribution in [0.1, 0.15) is 30.6 Å². The number of fused-ring (bicyclic) bond motifs is 2. The number of hydrogen-bond donors (Lipinski definition) is 2. The van der Waals surface area contributed by atoms with E-state index in [0.717, 1.165) is 5.57 Å². The van der Waals surface area contributed by atoms with Crippen molar-refractivity contribution in [3.05, 3.63) is 47.6 Å². The van der Waals surface area contributed by atoms with Gasteiger partial charge in [0, 0.05) is 24.6 Å². The predicted molar refractivity (Wildman–Crippen MR) is 92.2 cm³/mol. The van der Waals surface area contributed by atoms with Crippen molar-refractivity contribution in [1.29, 1.82) is 0 Å². The van der Waals surface area contributed by atoms with Crippen molar-refractivity contribution >= 4 is 17.4 Å². The highest BCUT2D eigenvalue weighted by atomic mass is 19.1. The van der Waals surface area contributed by atoms with Crippen molar-refractivity contribution in [3.63, 3.8) is 0 Å². The fourth-order valence-corrected chi connectivity index (χ4v) is 4.07. The summed E-state index contributed by atoms with van der Waals surface area (Å²) in [4.78, 5) is 17.3. The van der Waals surface area contributed by atoms with Crippen LogP contribution < -0.4 is 10.6 Å². The smallest absolute Gasteiger partial charge is 0.258 e. The van der Waals surface area contributed by atoms with Crippen LogP contribution in [0, 0.1) is 5.92 Å². The summed E-state index contributed by atoms with van der Waals surface area (Å²) < 4.78 is 22.0. The topological polar surface area (TPSA) is 80.5 Å². The van der Waals surface area contributed by atoms with E-state index in [1.165, 1.54) is 12.3 Å². The first kappa shape index (κ1) is 15.5. The molecule has 4 atom stereocenters. The van der Waals surface area contributed by atoms with Crippen LogP contribution in [0.2, 0.25) is 0 Å². The highest BCUT2D eigenvalue weighted by Gasteiger charge is 2.46. The molecule has 2 aliphatic heterocycles. The van der Waals surface area contributed by atoms with Gasteiger partial charge in [0.25, 0.3) is 5.91 Å². The van der Waals surface area contributed by atoms with Gasteiger partial charge in [0.05, 0.1) is 12.3 Å². The zero-order chi connectivity index (χ0) is 18.1. The average Bonchev–Trinajstić information content (AvgIpc) is 3.13. The average molecular weight is 355 g/mol. The zero-order valence-electron chi connectivity index (χ0n) is 14.4. The van der Waals surface area contributed by atoms with E-state index in [0.29, 0.717) is 23.4 Å². The second-order valence-corrected chi connectivity index (χ2v) is 7.32. The van der Waals surface area contributed by atoms with E-state index in [4.69, 9.17) is 4.74 Å². The Labute approximate surface area is 148 Å². The summed E-state index contributed by atoms with van der Waals surface area (Å²) in [6, 6.07) is 1.66. The van der Waals surface area contributed by atoms with Crippen molar-refractivity contribution in [2.45, 2.75) is 38.1 Å². The first-order valence-electron chi connectivity index (χ1n) is 8.61. The Kier molecular flexibility index (Phi) is 3.06. The molecule has 26 heavy (non-hydrogen) atoms. The van der Waals surface area contributed by atoms with E-state index in [1.807, 2.05) is 13.8 Å². The van der Waals surface area contributed by atoms with Gasteiger partial charge in [-0.1, -0.05) is 0 Å². The number of aromatic nitrogens is 3. The molecule has 1 aliphatic carbocycles. The minimum absolute atomic E-state index is 0.117. The predicted octanol–water partition coefficient (Wildman–Crippen LogP) is 2.19. The third-order valence-electron chi connectivity index (χ3n) is 5.26. The van der Waals surface area contributed by atoms with Gasteiger partial charge in [0.1, 0.15) is 22.9 Å². The number of halogens is 1. The molecule has 5 rings (SSSR count). The van der Waals surface area contributed by atoms with Crippen LogP contribution in [0.4, 0.5) is 10.2 Å². The summed E-state index contributed by atoms with van der Waals surface area (Å²) in [5, 5.41) is 10.4. The Morgan fingerprint density at radius 3 is 3.15 bits per heavy atom. The zero-order valence-corrected chi connectivity index (χ0v) is 14.4. The maximum absolute atomic E-state index is 14.2. The first-order chi connectivity index (χ1) is 12.4. The van der Waals surface area contributed by atoms with Gasteiger partial charge in [-0.3, -0.25) is 4.79 Å². The number of allylic oxidation sites excluding steroid dienone is 2. The van der Waals surface area contributed by atoms with Crippen molar-refractivity contribution in [1.82, 2.24) is 19.9 Å². The second kappa shape index (κ2) is 5.14. The maximum atomic E-state index is 14.2. The molecule has 0 saturated carbocycles. The van der Waals surface area contributed by atoms with Crippen molar-refractivity contribution in [3.8, 4) is 0 Å². The van der Waals surface area contributed by atoms with E-state index < -0.39 is 5.72 Å². The van der Waals surface area contributed by atoms with Gasteiger partial charge in [-0.25, -0.2) is 13.9 Å². The molecule has 3 aliphatic rings. The van der Waals surface area contributed by atoms with Gasteiger partial charge < -0.3 is 15.4 Å². The third-order valence-corrected chi connectivity index (χ3v) is 5.26. The van der Waals surface area contributed by atoms with E-state index in [9.17, 15) is 9.18 Å². The Bertz CT molecular complexity index is 997. The molecule has 1 fully saturated rings. The number of carbonyl (C=O) groups is 1. The van der Waals surface area contributed by atoms with Crippen molar-refractivity contribution in [2.75, 3.05) is 5.32 Å². The lowest BCUT2D eigenvalue weighted by Crippen LogP contribution is -2.47. The molecular weight excluding hydrogens is 337 g/mol. The molecule has 0 aromatic carbocycles. The van der Waals surface area contributed by atoms with Crippen LogP contribution in [-0.2, 0) is 4.74 Å². The van der Waals surface area contributed by atoms with E-state index in [1.54, 1.807) is 22.9 Å². The van der Waals surface area contributed by atoms with Crippen LogP contribution in [0.3, 0.4) is 0 Å². The lowest BCUT2D eigenvalue weighted by atomic mass is 9.85. The molecule has 2 N–H and O–H groups in total. The number of amides is 1. The normalized spacial score (nSPS) is 33.0. The van der Waals surface area contributed by atoms with E-state index >= 15 is 0 Å². The Balaban J connectivity index is 1.67. The standard InChI is InChI=1S/C18H18FN5O2/c1-9-12-6-11(19)5-10-7-18(2,26-15(10)12)23-17(25)13-8-20-24-4-3-14(21-9)22-16(13)24/h3-6,8-9,12,15H,7H2,1-2H3,(H,21,22)(H,23,25)/t9-,12?,15?,18-/m1/s1. The lowest BCUT2D eigenvalue weighted by molar-refractivity contribution is -0.0577. The second-order valence-electron chi connectivity index (χ2n) is 7.32. The molecule has 8 heteroatoms. The van der Waals surface area contributed by atoms with Crippen LogP contribution in [0.25, 0.3) is 5.65 Å². The van der Waals surface area contributed by atoms with Gasteiger partial charge in [-0.2, -0.15) is 5.10 Å². The van der Waals surface area contributed by atoms with E-state index in [2.05, 4.69) is 20.7 Å². The van der Waals surface area contributed by atoms with Crippen LogP contribution >= 0.6 is 0 Å². The number of ether oxygens (including phenoxy) is 1. The molecule has 4 heterocycles. The number of nitrogens with zero attached hydrogens (tertiary/aromatic N) is 3. The Hall–Kier alpha value is -2.74. The monoisotopic (exact) mass is 355 g/mol. The number of nitrogens with one attached hydrogen (secondary N) is 2. The molecule has 2 aromatic rings. The number of rotatable bonds is 0. The summed E-state index contributed by atoms with van der Waals surface area (Å²) in [5.74, 6) is -0.199.